The molecule has 0 aliphatic heterocycles. The van der Waals surface area contributed by atoms with E-state index in [9.17, 15) is 17.2 Å². The first-order valence-corrected chi connectivity index (χ1v) is 10.2. The lowest BCUT2D eigenvalue weighted by Gasteiger charge is -2.43. The van der Waals surface area contributed by atoms with E-state index in [1.165, 1.54) is 6.33 Å². The first kappa shape index (κ1) is 17.6. The van der Waals surface area contributed by atoms with Gasteiger partial charge in [-0.25, -0.2) is 31.9 Å². The summed E-state index contributed by atoms with van der Waals surface area (Å²) in [4.78, 5) is 13.6. The molecule has 2 heterocycles. The Hall–Kier alpha value is -1.81. The Morgan fingerprint density at radius 2 is 2.00 bits per heavy atom. The summed E-state index contributed by atoms with van der Waals surface area (Å²) in [5, 5.41) is 0.242. The van der Waals surface area contributed by atoms with Gasteiger partial charge in [-0.3, -0.25) is 0 Å². The van der Waals surface area contributed by atoms with Crippen LogP contribution in [0, 0.1) is 5.92 Å². The van der Waals surface area contributed by atoms with Gasteiger partial charge in [0.1, 0.15) is 17.8 Å². The maximum atomic E-state index is 12.5. The number of fused-ring (bicyclic) bond motifs is 1. The van der Waals surface area contributed by atoms with Gasteiger partial charge in [0.2, 0.25) is 16.4 Å². The van der Waals surface area contributed by atoms with Crippen LogP contribution in [0.4, 0.5) is 14.6 Å². The quantitative estimate of drug-likeness (QED) is 0.792. The molecule has 26 heavy (non-hydrogen) atoms. The predicted octanol–water partition coefficient (Wildman–Crippen LogP) is 1.89. The van der Waals surface area contributed by atoms with Crippen LogP contribution in [0.2, 0.25) is 0 Å². The van der Waals surface area contributed by atoms with Crippen LogP contribution in [0.15, 0.2) is 18.6 Å². The molecule has 2 N–H and O–H groups in total. The number of nitrogens with zero attached hydrogens (tertiary/aromatic N) is 3. The van der Waals surface area contributed by atoms with Crippen molar-refractivity contribution in [3.63, 3.8) is 0 Å². The van der Waals surface area contributed by atoms with Gasteiger partial charge >= 0.3 is 0 Å². The lowest BCUT2D eigenvalue weighted by molar-refractivity contribution is 0.0361. The third-order valence-corrected chi connectivity index (χ3v) is 7.51. The molecule has 7 nitrogen and oxygen atoms in total. The summed E-state index contributed by atoms with van der Waals surface area (Å²) in [6.07, 6.45) is 2.30. The second-order valence-electron chi connectivity index (χ2n) is 7.22. The number of aromatic amines is 1. The molecule has 2 saturated carbocycles. The molecule has 142 valence electrons. The summed E-state index contributed by atoms with van der Waals surface area (Å²) < 4.78 is 52.3. The largest absolute Gasteiger partial charge is 0.356 e. The standard InChI is InChI=1S/C16H21F2N5O2S/c1-23(16-13-2-3-19-15(13)20-8-21-16)11-6-10(7-11)22-26(24,25)12-4-9(5-12)14(17)18/h2-3,8-12,14,22H,4-7H2,1H3,(H,19,20,21)/t9-,10-,11+,12-. The van der Waals surface area contributed by atoms with Gasteiger partial charge in [-0.1, -0.05) is 0 Å². The SMILES string of the molecule is CN(c1ncnc2[nH]ccc12)[C@H]1C[C@@H](NS(=O)(=O)[C@H]2C[C@H](C(F)F)C2)C1. The van der Waals surface area contributed by atoms with Gasteiger partial charge in [0.25, 0.3) is 0 Å². The normalized spacial score (nSPS) is 28.8. The summed E-state index contributed by atoms with van der Waals surface area (Å²) >= 11 is 0. The van der Waals surface area contributed by atoms with E-state index in [0.29, 0.717) is 12.8 Å². The van der Waals surface area contributed by atoms with Crippen LogP contribution in [0.5, 0.6) is 0 Å². The number of hydrogen-bond donors (Lipinski definition) is 2. The molecule has 0 unspecified atom stereocenters. The third-order valence-electron chi connectivity index (χ3n) is 5.59. The van der Waals surface area contributed by atoms with Crippen molar-refractivity contribution in [3.8, 4) is 0 Å². The van der Waals surface area contributed by atoms with Crippen LogP contribution in [0.1, 0.15) is 25.7 Å². The van der Waals surface area contributed by atoms with Crippen molar-refractivity contribution in [2.75, 3.05) is 11.9 Å². The lowest BCUT2D eigenvalue weighted by Crippen LogP contribution is -2.56. The first-order valence-electron chi connectivity index (χ1n) is 8.65. The Balaban J connectivity index is 1.33. The summed E-state index contributed by atoms with van der Waals surface area (Å²) in [6, 6.07) is 1.93. The fourth-order valence-electron chi connectivity index (χ4n) is 3.71. The fourth-order valence-corrected chi connectivity index (χ4v) is 5.56. The van der Waals surface area contributed by atoms with Gasteiger partial charge < -0.3 is 9.88 Å². The zero-order chi connectivity index (χ0) is 18.5. The molecular weight excluding hydrogens is 364 g/mol. The second-order valence-corrected chi connectivity index (χ2v) is 9.21. The van der Waals surface area contributed by atoms with Crippen LogP contribution >= 0.6 is 0 Å². The molecule has 2 aromatic heterocycles. The molecule has 2 aliphatic carbocycles. The molecule has 2 fully saturated rings. The maximum absolute atomic E-state index is 12.5. The average Bonchev–Trinajstić information content (AvgIpc) is 2.96. The zero-order valence-corrected chi connectivity index (χ0v) is 15.1. The van der Waals surface area contributed by atoms with Gasteiger partial charge in [-0.15, -0.1) is 0 Å². The van der Waals surface area contributed by atoms with Gasteiger partial charge in [0, 0.05) is 31.2 Å². The molecule has 0 bridgehead atoms. The van der Waals surface area contributed by atoms with Gasteiger partial charge in [0.15, 0.2) is 0 Å². The van der Waals surface area contributed by atoms with E-state index in [1.807, 2.05) is 18.0 Å². The van der Waals surface area contributed by atoms with E-state index in [-0.39, 0.29) is 24.9 Å². The summed E-state index contributed by atoms with van der Waals surface area (Å²) in [5.74, 6) is 0.0275. The minimum atomic E-state index is -3.52. The molecule has 0 atom stereocenters. The Labute approximate surface area is 150 Å². The van der Waals surface area contributed by atoms with Crippen LogP contribution in [0.3, 0.4) is 0 Å². The van der Waals surface area contributed by atoms with E-state index in [2.05, 4.69) is 19.7 Å². The van der Waals surface area contributed by atoms with E-state index >= 15 is 0 Å². The molecule has 0 spiro atoms. The molecule has 0 amide bonds. The van der Waals surface area contributed by atoms with Crippen molar-refractivity contribution in [1.82, 2.24) is 19.7 Å². The van der Waals surface area contributed by atoms with Crippen molar-refractivity contribution < 1.29 is 17.2 Å². The van der Waals surface area contributed by atoms with Crippen LogP contribution < -0.4 is 9.62 Å². The van der Waals surface area contributed by atoms with Gasteiger partial charge in [0.05, 0.1) is 10.6 Å². The second kappa shape index (κ2) is 6.41. The molecule has 0 radical (unpaired) electrons. The van der Waals surface area contributed by atoms with Crippen LogP contribution in [-0.2, 0) is 10.0 Å². The van der Waals surface area contributed by atoms with Crippen molar-refractivity contribution in [1.29, 1.82) is 0 Å². The lowest BCUT2D eigenvalue weighted by atomic mass is 9.85. The van der Waals surface area contributed by atoms with Crippen molar-refractivity contribution in [2.45, 2.75) is 49.4 Å². The van der Waals surface area contributed by atoms with E-state index in [1.54, 1.807) is 6.20 Å². The number of H-pyrrole nitrogens is 1. The highest BCUT2D eigenvalue weighted by Crippen LogP contribution is 2.38. The number of anilines is 1. The fraction of sp³-hybridized carbons (Fsp3) is 0.625. The Morgan fingerprint density at radius 3 is 2.69 bits per heavy atom. The maximum Gasteiger partial charge on any atom is 0.241 e. The Kier molecular flexibility index (Phi) is 4.34. The molecule has 2 aliphatic rings. The van der Waals surface area contributed by atoms with Gasteiger partial charge in [-0.05, 0) is 31.7 Å². The highest BCUT2D eigenvalue weighted by Gasteiger charge is 2.45. The minimum absolute atomic E-state index is 0.0510. The number of alkyl halides is 2. The Bertz CT molecular complexity index is 891. The monoisotopic (exact) mass is 385 g/mol. The molecule has 0 aromatic carbocycles. The van der Waals surface area contributed by atoms with E-state index in [4.69, 9.17) is 0 Å². The highest BCUT2D eigenvalue weighted by molar-refractivity contribution is 7.90. The molecule has 0 saturated heterocycles. The molecule has 4 rings (SSSR count). The predicted molar refractivity (Wildman–Crippen MR) is 93.7 cm³/mol. The van der Waals surface area contributed by atoms with Gasteiger partial charge in [-0.2, -0.15) is 0 Å². The molecular formula is C16H21F2N5O2S. The smallest absolute Gasteiger partial charge is 0.241 e. The Morgan fingerprint density at radius 1 is 1.27 bits per heavy atom. The van der Waals surface area contributed by atoms with E-state index in [0.717, 1.165) is 16.9 Å². The first-order chi connectivity index (χ1) is 12.3. The van der Waals surface area contributed by atoms with Crippen molar-refractivity contribution in [3.05, 3.63) is 18.6 Å². The highest BCUT2D eigenvalue weighted by atomic mass is 32.2. The van der Waals surface area contributed by atoms with E-state index < -0.39 is 27.6 Å². The van der Waals surface area contributed by atoms with Crippen LogP contribution in [-0.4, -0.2) is 54.2 Å². The number of halogens is 2. The number of aromatic nitrogens is 3. The number of sulfonamides is 1. The minimum Gasteiger partial charge on any atom is -0.356 e. The number of nitrogens with one attached hydrogen (secondary N) is 2. The number of hydrogen-bond acceptors (Lipinski definition) is 5. The molecule has 10 heteroatoms. The van der Waals surface area contributed by atoms with Crippen molar-refractivity contribution >= 4 is 26.9 Å². The summed E-state index contributed by atoms with van der Waals surface area (Å²) in [7, 11) is -1.59. The number of rotatable bonds is 6. The summed E-state index contributed by atoms with van der Waals surface area (Å²) in [5.41, 5.74) is 0.761. The molecule has 2 aromatic rings. The van der Waals surface area contributed by atoms with Crippen LogP contribution in [0.25, 0.3) is 11.0 Å². The average molecular weight is 385 g/mol. The van der Waals surface area contributed by atoms with Crippen molar-refractivity contribution in [2.24, 2.45) is 5.92 Å². The topological polar surface area (TPSA) is 91.0 Å². The third kappa shape index (κ3) is 3.05. The zero-order valence-electron chi connectivity index (χ0n) is 14.3. The summed E-state index contributed by atoms with van der Waals surface area (Å²) in [6.45, 7) is 0.